The summed E-state index contributed by atoms with van der Waals surface area (Å²) in [5.74, 6) is 0.842. The zero-order valence-corrected chi connectivity index (χ0v) is 18.4. The number of nitrogens with one attached hydrogen (secondary N) is 2. The number of guanidine groups is 1. The summed E-state index contributed by atoms with van der Waals surface area (Å²) in [7, 11) is 4.00. The van der Waals surface area contributed by atoms with Gasteiger partial charge in [-0.3, -0.25) is 4.99 Å². The van der Waals surface area contributed by atoms with E-state index in [0.29, 0.717) is 0 Å². The molecule has 2 rings (SSSR count). The maximum Gasteiger partial charge on any atom is 0.191 e. The monoisotopic (exact) mass is 479 g/mol. The van der Waals surface area contributed by atoms with Gasteiger partial charge in [-0.15, -0.1) is 24.0 Å². The first-order valence-corrected chi connectivity index (χ1v) is 9.15. The molecule has 0 spiro atoms. The molecule has 1 aromatic carbocycles. The van der Waals surface area contributed by atoms with E-state index in [1.165, 1.54) is 39.1 Å². The molecule has 0 aromatic heterocycles. The second-order valence-electron chi connectivity index (χ2n) is 6.33. The summed E-state index contributed by atoms with van der Waals surface area (Å²) in [5.41, 5.74) is 1.15. The molecule has 1 fully saturated rings. The van der Waals surface area contributed by atoms with Crippen molar-refractivity contribution in [3.63, 3.8) is 0 Å². The van der Waals surface area contributed by atoms with Gasteiger partial charge in [0, 0.05) is 51.3 Å². The smallest absolute Gasteiger partial charge is 0.191 e. The van der Waals surface area contributed by atoms with Gasteiger partial charge in [0.05, 0.1) is 0 Å². The molecule has 7 heteroatoms. The Morgan fingerprint density at radius 1 is 1.16 bits per heavy atom. The van der Waals surface area contributed by atoms with Crippen molar-refractivity contribution in [2.45, 2.75) is 19.4 Å². The Hall–Kier alpha value is -0.570. The quantitative estimate of drug-likeness (QED) is 0.273. The summed E-state index contributed by atoms with van der Waals surface area (Å²) < 4.78 is 0. The second-order valence-corrected chi connectivity index (χ2v) is 6.77. The molecule has 1 aliphatic rings. The first kappa shape index (κ1) is 22.5. The zero-order valence-electron chi connectivity index (χ0n) is 15.3. The first-order valence-electron chi connectivity index (χ1n) is 8.77. The number of piperazine rings is 1. The van der Waals surface area contributed by atoms with Crippen LogP contribution in [0.2, 0.25) is 5.02 Å². The van der Waals surface area contributed by atoms with E-state index in [1.54, 1.807) is 7.05 Å². The van der Waals surface area contributed by atoms with Gasteiger partial charge in [0.1, 0.15) is 0 Å². The third kappa shape index (κ3) is 9.08. The average molecular weight is 480 g/mol. The van der Waals surface area contributed by atoms with E-state index in [2.05, 4.69) is 38.5 Å². The van der Waals surface area contributed by atoms with E-state index in [-0.39, 0.29) is 24.0 Å². The molecule has 1 heterocycles. The van der Waals surface area contributed by atoms with Crippen LogP contribution in [0, 0.1) is 0 Å². The highest BCUT2D eigenvalue weighted by Crippen LogP contribution is 2.10. The van der Waals surface area contributed by atoms with Gasteiger partial charge >= 0.3 is 0 Å². The van der Waals surface area contributed by atoms with Gasteiger partial charge in [-0.05, 0) is 44.1 Å². The van der Waals surface area contributed by atoms with Gasteiger partial charge in [-0.1, -0.05) is 23.7 Å². The topological polar surface area (TPSA) is 42.9 Å². The highest BCUT2D eigenvalue weighted by Gasteiger charge is 2.12. The number of hydrogen-bond donors (Lipinski definition) is 2. The van der Waals surface area contributed by atoms with E-state index >= 15 is 0 Å². The molecule has 142 valence electrons. The lowest BCUT2D eigenvalue weighted by Crippen LogP contribution is -2.44. The van der Waals surface area contributed by atoms with Crippen molar-refractivity contribution in [3.8, 4) is 0 Å². The Kier molecular flexibility index (Phi) is 11.4. The summed E-state index contributed by atoms with van der Waals surface area (Å²) in [6.07, 6.45) is 2.38. The van der Waals surface area contributed by atoms with Gasteiger partial charge < -0.3 is 20.4 Å². The molecule has 0 bridgehead atoms. The number of aliphatic imine (C=N–C) groups is 1. The Balaban J connectivity index is 0.00000312. The Labute approximate surface area is 174 Å². The molecule has 0 atom stereocenters. The van der Waals surface area contributed by atoms with E-state index in [9.17, 15) is 0 Å². The predicted molar refractivity (Wildman–Crippen MR) is 118 cm³/mol. The molecule has 25 heavy (non-hydrogen) atoms. The summed E-state index contributed by atoms with van der Waals surface area (Å²) in [5, 5.41) is 7.47. The molecule has 0 unspecified atom stereocenters. The zero-order chi connectivity index (χ0) is 17.2. The fourth-order valence-corrected chi connectivity index (χ4v) is 3.00. The second kappa shape index (κ2) is 12.7. The SMILES string of the molecule is CN=C(NCCCCN1CCN(C)CC1)NCc1cccc(Cl)c1.I. The van der Waals surface area contributed by atoms with Crippen molar-refractivity contribution in [2.24, 2.45) is 4.99 Å². The van der Waals surface area contributed by atoms with Crippen molar-refractivity contribution in [3.05, 3.63) is 34.9 Å². The van der Waals surface area contributed by atoms with E-state index in [4.69, 9.17) is 11.6 Å². The molecular formula is C18H31ClIN5. The first-order chi connectivity index (χ1) is 11.7. The lowest BCUT2D eigenvalue weighted by molar-refractivity contribution is 0.152. The van der Waals surface area contributed by atoms with Crippen LogP contribution in [0.1, 0.15) is 18.4 Å². The predicted octanol–water partition coefficient (Wildman–Crippen LogP) is 2.65. The molecule has 0 radical (unpaired) electrons. The summed E-state index contributed by atoms with van der Waals surface area (Å²) in [4.78, 5) is 9.23. The van der Waals surface area contributed by atoms with Crippen LogP contribution in [0.3, 0.4) is 0 Å². The minimum Gasteiger partial charge on any atom is -0.356 e. The molecule has 5 nitrogen and oxygen atoms in total. The fourth-order valence-electron chi connectivity index (χ4n) is 2.79. The Morgan fingerprint density at radius 2 is 1.92 bits per heavy atom. The van der Waals surface area contributed by atoms with Gasteiger partial charge in [0.15, 0.2) is 5.96 Å². The standard InChI is InChI=1S/C18H30ClN5.HI/c1-20-18(22-15-16-6-5-7-17(19)14-16)21-8-3-4-9-24-12-10-23(2)11-13-24;/h5-7,14H,3-4,8-13,15H2,1-2H3,(H2,20,21,22);1H. The average Bonchev–Trinajstić information content (AvgIpc) is 2.59. The number of benzene rings is 1. The lowest BCUT2D eigenvalue weighted by Gasteiger charge is -2.32. The highest BCUT2D eigenvalue weighted by molar-refractivity contribution is 14.0. The van der Waals surface area contributed by atoms with Crippen molar-refractivity contribution >= 4 is 41.5 Å². The van der Waals surface area contributed by atoms with E-state index < -0.39 is 0 Å². The van der Waals surface area contributed by atoms with Crippen LogP contribution in [0.25, 0.3) is 0 Å². The largest absolute Gasteiger partial charge is 0.356 e. The molecular weight excluding hydrogens is 449 g/mol. The van der Waals surface area contributed by atoms with Gasteiger partial charge in [0.2, 0.25) is 0 Å². The van der Waals surface area contributed by atoms with Crippen LogP contribution >= 0.6 is 35.6 Å². The molecule has 0 aliphatic carbocycles. The number of nitrogens with zero attached hydrogens (tertiary/aromatic N) is 3. The van der Waals surface area contributed by atoms with Crippen LogP contribution in [0.4, 0.5) is 0 Å². The fraction of sp³-hybridized carbons (Fsp3) is 0.611. The normalized spacial score (nSPS) is 16.4. The minimum absolute atomic E-state index is 0. The number of unbranched alkanes of at least 4 members (excludes halogenated alkanes) is 1. The Morgan fingerprint density at radius 3 is 2.60 bits per heavy atom. The summed E-state index contributed by atoms with van der Waals surface area (Å²) in [6, 6.07) is 7.88. The van der Waals surface area contributed by atoms with Crippen LogP contribution in [0.15, 0.2) is 29.3 Å². The third-order valence-electron chi connectivity index (χ3n) is 4.36. The molecule has 2 N–H and O–H groups in total. The van der Waals surface area contributed by atoms with Gasteiger partial charge in [-0.25, -0.2) is 0 Å². The van der Waals surface area contributed by atoms with Crippen molar-refractivity contribution < 1.29 is 0 Å². The van der Waals surface area contributed by atoms with Crippen LogP contribution in [0.5, 0.6) is 0 Å². The maximum absolute atomic E-state index is 6.00. The molecule has 0 saturated carbocycles. The summed E-state index contributed by atoms with van der Waals surface area (Å²) >= 11 is 6.00. The third-order valence-corrected chi connectivity index (χ3v) is 4.60. The van der Waals surface area contributed by atoms with Crippen LogP contribution in [-0.4, -0.2) is 69.1 Å². The number of halogens is 2. The van der Waals surface area contributed by atoms with E-state index in [1.807, 2.05) is 18.2 Å². The van der Waals surface area contributed by atoms with E-state index in [0.717, 1.165) is 36.1 Å². The van der Waals surface area contributed by atoms with Crippen LogP contribution < -0.4 is 10.6 Å². The van der Waals surface area contributed by atoms with Crippen molar-refractivity contribution in [2.75, 3.05) is 53.4 Å². The van der Waals surface area contributed by atoms with Crippen molar-refractivity contribution in [1.29, 1.82) is 0 Å². The van der Waals surface area contributed by atoms with Gasteiger partial charge in [-0.2, -0.15) is 0 Å². The number of hydrogen-bond acceptors (Lipinski definition) is 3. The van der Waals surface area contributed by atoms with Crippen molar-refractivity contribution in [1.82, 2.24) is 20.4 Å². The lowest BCUT2D eigenvalue weighted by atomic mass is 10.2. The van der Waals surface area contributed by atoms with Crippen LogP contribution in [-0.2, 0) is 6.54 Å². The molecule has 0 amide bonds. The van der Waals surface area contributed by atoms with Gasteiger partial charge in [0.25, 0.3) is 0 Å². The highest BCUT2D eigenvalue weighted by atomic mass is 127. The molecule has 1 aliphatic heterocycles. The summed E-state index contributed by atoms with van der Waals surface area (Å²) in [6.45, 7) is 7.66. The molecule has 1 aromatic rings. The Bertz CT molecular complexity index is 518. The number of likely N-dealkylation sites (N-methyl/N-ethyl adjacent to an activating group) is 1. The number of rotatable bonds is 7. The maximum atomic E-state index is 6.00. The molecule has 1 saturated heterocycles. The minimum atomic E-state index is 0.